The third kappa shape index (κ3) is 3.92. The first-order valence-electron chi connectivity index (χ1n) is 7.53. The number of rotatable bonds is 5. The number of para-hydroxylation sites is 1. The number of nitrogens with one attached hydrogen (secondary N) is 1. The Kier molecular flexibility index (Phi) is 4.98. The quantitative estimate of drug-likeness (QED) is 0.901. The summed E-state index contributed by atoms with van der Waals surface area (Å²) in [7, 11) is 0. The number of halogens is 1. The molecule has 6 heteroatoms. The van der Waals surface area contributed by atoms with Crippen molar-refractivity contribution >= 4 is 40.4 Å². The highest BCUT2D eigenvalue weighted by molar-refractivity contribution is 7.16. The highest BCUT2D eigenvalue weighted by atomic mass is 35.5. The number of amides is 2. The molecule has 4 nitrogen and oxygen atoms in total. The summed E-state index contributed by atoms with van der Waals surface area (Å²) in [5, 5.41) is 2.85. The van der Waals surface area contributed by atoms with Crippen molar-refractivity contribution in [3.05, 3.63) is 51.7 Å². The molecule has 2 amide bonds. The minimum atomic E-state index is -0.422. The summed E-state index contributed by atoms with van der Waals surface area (Å²) in [5.41, 5.74) is 0.877. The zero-order valence-electron chi connectivity index (χ0n) is 12.5. The topological polar surface area (TPSA) is 49.4 Å². The highest BCUT2D eigenvalue weighted by Gasteiger charge is 2.33. The molecule has 1 N–H and O–H groups in total. The number of carbonyl (C=O) groups excluding carboxylic acids is 2. The van der Waals surface area contributed by atoms with Gasteiger partial charge in [-0.2, -0.15) is 0 Å². The normalized spacial score (nSPS) is 17.5. The Morgan fingerprint density at radius 2 is 2.04 bits per heavy atom. The number of anilines is 1. The lowest BCUT2D eigenvalue weighted by Crippen LogP contribution is -2.41. The van der Waals surface area contributed by atoms with E-state index in [1.54, 1.807) is 4.90 Å². The van der Waals surface area contributed by atoms with Gasteiger partial charge in [0.1, 0.15) is 6.04 Å². The van der Waals surface area contributed by atoms with Crippen LogP contribution in [0.1, 0.15) is 17.7 Å². The molecule has 0 radical (unpaired) electrons. The van der Waals surface area contributed by atoms with E-state index in [0.29, 0.717) is 25.8 Å². The van der Waals surface area contributed by atoms with Crippen LogP contribution < -0.4 is 10.2 Å². The fraction of sp³-hybridized carbons (Fsp3) is 0.294. The molecular formula is C17H17ClN2O2S. The van der Waals surface area contributed by atoms with E-state index in [1.165, 1.54) is 11.3 Å². The van der Waals surface area contributed by atoms with Gasteiger partial charge in [0.25, 0.3) is 0 Å². The first kappa shape index (κ1) is 16.0. The van der Waals surface area contributed by atoms with E-state index < -0.39 is 6.04 Å². The number of aryl methyl sites for hydroxylation is 1. The predicted molar refractivity (Wildman–Crippen MR) is 93.0 cm³/mol. The number of hydrogen-bond donors (Lipinski definition) is 1. The summed E-state index contributed by atoms with van der Waals surface area (Å²) >= 11 is 7.36. The van der Waals surface area contributed by atoms with Gasteiger partial charge in [-0.25, -0.2) is 0 Å². The van der Waals surface area contributed by atoms with Crippen LogP contribution in [-0.2, 0) is 16.0 Å². The van der Waals surface area contributed by atoms with Gasteiger partial charge in [-0.1, -0.05) is 29.8 Å². The maximum atomic E-state index is 12.4. The summed E-state index contributed by atoms with van der Waals surface area (Å²) in [5.74, 6) is -0.133. The second kappa shape index (κ2) is 7.15. The molecule has 2 aromatic rings. The Morgan fingerprint density at radius 1 is 1.26 bits per heavy atom. The second-order valence-corrected chi connectivity index (χ2v) is 7.24. The number of nitrogens with zero attached hydrogens (tertiary/aromatic N) is 1. The molecule has 23 heavy (non-hydrogen) atoms. The molecular weight excluding hydrogens is 332 g/mol. The van der Waals surface area contributed by atoms with Gasteiger partial charge in [0, 0.05) is 23.5 Å². The summed E-state index contributed by atoms with van der Waals surface area (Å²) in [6, 6.07) is 12.9. The van der Waals surface area contributed by atoms with E-state index in [4.69, 9.17) is 11.6 Å². The van der Waals surface area contributed by atoms with Gasteiger partial charge in [0.05, 0.1) is 4.34 Å². The standard InChI is InChI=1S/C17H17ClN2O2S/c18-15-8-6-13(23-15)7-9-16(21)19-14-10-11-20(17(14)22)12-4-2-1-3-5-12/h1-6,8,14H,7,9-11H2,(H,19,21)/t14-/m1/s1. The first-order chi connectivity index (χ1) is 11.1. The zero-order valence-corrected chi connectivity index (χ0v) is 14.1. The number of thiophene rings is 1. The van der Waals surface area contributed by atoms with Crippen LogP contribution in [0, 0.1) is 0 Å². The fourth-order valence-electron chi connectivity index (χ4n) is 2.67. The van der Waals surface area contributed by atoms with Crippen LogP contribution in [0.5, 0.6) is 0 Å². The van der Waals surface area contributed by atoms with E-state index in [-0.39, 0.29) is 11.8 Å². The third-order valence-corrected chi connectivity index (χ3v) is 5.13. The molecule has 1 aromatic heterocycles. The van der Waals surface area contributed by atoms with Gasteiger partial charge in [-0.05, 0) is 37.1 Å². The SMILES string of the molecule is O=C(CCc1ccc(Cl)s1)N[C@@H]1CCN(c2ccccc2)C1=O. The molecule has 0 aliphatic carbocycles. The van der Waals surface area contributed by atoms with Crippen molar-refractivity contribution in [3.8, 4) is 0 Å². The molecule has 2 heterocycles. The molecule has 1 aliphatic rings. The van der Waals surface area contributed by atoms with Gasteiger partial charge in [-0.15, -0.1) is 11.3 Å². The monoisotopic (exact) mass is 348 g/mol. The van der Waals surface area contributed by atoms with Crippen LogP contribution in [0.25, 0.3) is 0 Å². The molecule has 120 valence electrons. The van der Waals surface area contributed by atoms with Crippen molar-refractivity contribution in [2.24, 2.45) is 0 Å². The van der Waals surface area contributed by atoms with Crippen LogP contribution in [-0.4, -0.2) is 24.4 Å². The average Bonchev–Trinajstić information content (AvgIpc) is 3.13. The lowest BCUT2D eigenvalue weighted by Gasteiger charge is -2.17. The van der Waals surface area contributed by atoms with Crippen molar-refractivity contribution in [2.45, 2.75) is 25.3 Å². The molecule has 1 aliphatic heterocycles. The van der Waals surface area contributed by atoms with E-state index in [0.717, 1.165) is 14.9 Å². The molecule has 1 fully saturated rings. The molecule has 1 saturated heterocycles. The third-order valence-electron chi connectivity index (χ3n) is 3.84. The Balaban J connectivity index is 1.52. The largest absolute Gasteiger partial charge is 0.344 e. The van der Waals surface area contributed by atoms with Crippen molar-refractivity contribution in [2.75, 3.05) is 11.4 Å². The smallest absolute Gasteiger partial charge is 0.249 e. The maximum absolute atomic E-state index is 12.4. The van der Waals surface area contributed by atoms with Crippen molar-refractivity contribution in [3.63, 3.8) is 0 Å². The van der Waals surface area contributed by atoms with Crippen LogP contribution in [0.2, 0.25) is 4.34 Å². The minimum Gasteiger partial charge on any atom is -0.344 e. The fourth-order valence-corrected chi connectivity index (χ4v) is 3.75. The summed E-state index contributed by atoms with van der Waals surface area (Å²) in [6.07, 6.45) is 1.66. The van der Waals surface area contributed by atoms with E-state index in [2.05, 4.69) is 5.32 Å². The summed E-state index contributed by atoms with van der Waals surface area (Å²) in [4.78, 5) is 27.3. The Hall–Kier alpha value is -1.85. The van der Waals surface area contributed by atoms with Crippen molar-refractivity contribution < 1.29 is 9.59 Å². The van der Waals surface area contributed by atoms with Crippen LogP contribution >= 0.6 is 22.9 Å². The lowest BCUT2D eigenvalue weighted by molar-refractivity contribution is -0.126. The molecule has 3 rings (SSSR count). The summed E-state index contributed by atoms with van der Waals surface area (Å²) < 4.78 is 0.727. The van der Waals surface area contributed by atoms with Crippen molar-refractivity contribution in [1.82, 2.24) is 5.32 Å². The Morgan fingerprint density at radius 3 is 2.74 bits per heavy atom. The van der Waals surface area contributed by atoms with Gasteiger partial charge < -0.3 is 10.2 Å². The van der Waals surface area contributed by atoms with E-state index in [1.807, 2.05) is 42.5 Å². The molecule has 0 spiro atoms. The molecule has 0 unspecified atom stereocenters. The van der Waals surface area contributed by atoms with Crippen LogP contribution in [0.4, 0.5) is 5.69 Å². The van der Waals surface area contributed by atoms with Crippen LogP contribution in [0.15, 0.2) is 42.5 Å². The van der Waals surface area contributed by atoms with Crippen molar-refractivity contribution in [1.29, 1.82) is 0 Å². The molecule has 1 aromatic carbocycles. The molecule has 1 atom stereocenters. The Bertz CT molecular complexity index is 702. The second-order valence-electron chi connectivity index (χ2n) is 5.44. The van der Waals surface area contributed by atoms with Gasteiger partial charge in [0.2, 0.25) is 11.8 Å². The van der Waals surface area contributed by atoms with Gasteiger partial charge in [-0.3, -0.25) is 9.59 Å². The highest BCUT2D eigenvalue weighted by Crippen LogP contribution is 2.23. The average molecular weight is 349 g/mol. The summed E-state index contributed by atoms with van der Waals surface area (Å²) in [6.45, 7) is 0.633. The molecule has 0 bridgehead atoms. The van der Waals surface area contributed by atoms with Crippen LogP contribution in [0.3, 0.4) is 0 Å². The zero-order chi connectivity index (χ0) is 16.2. The maximum Gasteiger partial charge on any atom is 0.249 e. The van der Waals surface area contributed by atoms with Gasteiger partial charge in [0.15, 0.2) is 0 Å². The first-order valence-corrected chi connectivity index (χ1v) is 8.73. The van der Waals surface area contributed by atoms with Gasteiger partial charge >= 0.3 is 0 Å². The predicted octanol–water partition coefficient (Wildman–Crippen LogP) is 3.26. The molecule has 0 saturated carbocycles. The van der Waals surface area contributed by atoms with E-state index >= 15 is 0 Å². The number of benzene rings is 1. The minimum absolute atomic E-state index is 0.0382. The lowest BCUT2D eigenvalue weighted by atomic mass is 10.2. The number of hydrogen-bond acceptors (Lipinski definition) is 3. The van der Waals surface area contributed by atoms with E-state index in [9.17, 15) is 9.59 Å². The number of carbonyl (C=O) groups is 2. The Labute approximate surface area is 144 Å².